The van der Waals surface area contributed by atoms with Crippen molar-refractivity contribution in [3.63, 3.8) is 0 Å². The van der Waals surface area contributed by atoms with E-state index in [4.69, 9.17) is 4.74 Å². The van der Waals surface area contributed by atoms with Gasteiger partial charge in [-0.1, -0.05) is 12.1 Å². The average molecular weight is 406 g/mol. The van der Waals surface area contributed by atoms with Gasteiger partial charge in [-0.05, 0) is 37.1 Å². The first-order chi connectivity index (χ1) is 14.5. The van der Waals surface area contributed by atoms with Gasteiger partial charge in [-0.2, -0.15) is 0 Å². The molecule has 1 saturated heterocycles. The molecule has 1 atom stereocenters. The highest BCUT2D eigenvalue weighted by molar-refractivity contribution is 6.46. The number of imidazole rings is 1. The van der Waals surface area contributed by atoms with Gasteiger partial charge in [-0.15, -0.1) is 0 Å². The number of methoxy groups -OCH3 is 1. The van der Waals surface area contributed by atoms with Crippen molar-refractivity contribution in [3.8, 4) is 0 Å². The third-order valence-corrected chi connectivity index (χ3v) is 5.22. The monoisotopic (exact) mass is 406 g/mol. The summed E-state index contributed by atoms with van der Waals surface area (Å²) >= 11 is 0. The Labute approximate surface area is 173 Å². The lowest BCUT2D eigenvalue weighted by Crippen LogP contribution is -2.31. The lowest BCUT2D eigenvalue weighted by molar-refractivity contribution is -0.140. The summed E-state index contributed by atoms with van der Waals surface area (Å²) in [5, 5.41) is 11.3. The molecule has 0 aliphatic carbocycles. The predicted octanol–water partition coefficient (Wildman–Crippen LogP) is 2.50. The number of likely N-dealkylation sites (tertiary alicyclic amines) is 1. The Balaban J connectivity index is 1.90. The molecule has 0 aromatic carbocycles. The number of ketones is 1. The Kier molecular flexibility index (Phi) is 5.33. The maximum absolute atomic E-state index is 13.0. The van der Waals surface area contributed by atoms with Crippen LogP contribution in [0.4, 0.5) is 0 Å². The standard InChI is InChI=1S/C22H22N4O4/c1-14-18(25-10-4-3-8-16(25)24-14)20(27)17-19(15-7-5-9-23-13-15)26(11-6-12-30-2)22(29)21(17)28/h3-5,7-10,13,19,27H,6,11-12H2,1-2H3/b20-17+. The summed E-state index contributed by atoms with van der Waals surface area (Å²) in [6.07, 6.45) is 5.55. The largest absolute Gasteiger partial charge is 0.505 e. The van der Waals surface area contributed by atoms with Crippen LogP contribution in [0.2, 0.25) is 0 Å². The van der Waals surface area contributed by atoms with E-state index in [2.05, 4.69) is 9.97 Å². The highest BCUT2D eigenvalue weighted by Gasteiger charge is 2.46. The maximum atomic E-state index is 13.0. The zero-order chi connectivity index (χ0) is 21.3. The fourth-order valence-corrected chi connectivity index (χ4v) is 3.90. The fourth-order valence-electron chi connectivity index (χ4n) is 3.90. The molecular weight excluding hydrogens is 384 g/mol. The molecule has 1 fully saturated rings. The van der Waals surface area contributed by atoms with Crippen LogP contribution < -0.4 is 0 Å². The molecule has 8 heteroatoms. The van der Waals surface area contributed by atoms with Gasteiger partial charge in [0.05, 0.1) is 17.3 Å². The van der Waals surface area contributed by atoms with Crippen molar-refractivity contribution >= 4 is 23.1 Å². The van der Waals surface area contributed by atoms with Crippen LogP contribution >= 0.6 is 0 Å². The van der Waals surface area contributed by atoms with Crippen LogP contribution in [-0.4, -0.2) is 56.3 Å². The van der Waals surface area contributed by atoms with Gasteiger partial charge in [-0.3, -0.25) is 19.0 Å². The molecule has 30 heavy (non-hydrogen) atoms. The number of hydrogen-bond donors (Lipinski definition) is 1. The summed E-state index contributed by atoms with van der Waals surface area (Å²) in [6.45, 7) is 2.53. The predicted molar refractivity (Wildman–Crippen MR) is 110 cm³/mol. The van der Waals surface area contributed by atoms with E-state index >= 15 is 0 Å². The minimum Gasteiger partial charge on any atom is -0.505 e. The first kappa shape index (κ1) is 19.8. The molecule has 1 aliphatic heterocycles. The topological polar surface area (TPSA) is 97.0 Å². The number of hydrogen-bond acceptors (Lipinski definition) is 6. The molecule has 4 rings (SSSR count). The van der Waals surface area contributed by atoms with E-state index in [1.807, 2.05) is 18.2 Å². The summed E-state index contributed by atoms with van der Waals surface area (Å²) < 4.78 is 6.81. The number of rotatable bonds is 6. The maximum Gasteiger partial charge on any atom is 0.295 e. The van der Waals surface area contributed by atoms with E-state index in [1.165, 1.54) is 4.90 Å². The van der Waals surface area contributed by atoms with Crippen molar-refractivity contribution in [2.75, 3.05) is 20.3 Å². The molecule has 4 heterocycles. The van der Waals surface area contributed by atoms with Gasteiger partial charge in [-0.25, -0.2) is 4.98 Å². The van der Waals surface area contributed by atoms with E-state index in [9.17, 15) is 14.7 Å². The number of aliphatic hydroxyl groups excluding tert-OH is 1. The van der Waals surface area contributed by atoms with Gasteiger partial charge in [0.1, 0.15) is 11.3 Å². The molecule has 0 spiro atoms. The molecular formula is C22H22N4O4. The number of carbonyl (C=O) groups is 2. The van der Waals surface area contributed by atoms with E-state index in [-0.39, 0.29) is 11.3 Å². The van der Waals surface area contributed by atoms with Crippen LogP contribution in [0.3, 0.4) is 0 Å². The summed E-state index contributed by atoms with van der Waals surface area (Å²) in [5.41, 5.74) is 2.30. The number of amides is 1. The summed E-state index contributed by atoms with van der Waals surface area (Å²) in [5.74, 6) is -1.61. The summed E-state index contributed by atoms with van der Waals surface area (Å²) in [7, 11) is 1.58. The van der Waals surface area contributed by atoms with Gasteiger partial charge >= 0.3 is 0 Å². The number of ether oxygens (including phenoxy) is 1. The lowest BCUT2D eigenvalue weighted by Gasteiger charge is -2.24. The number of aromatic nitrogens is 3. The molecule has 0 bridgehead atoms. The SMILES string of the molecule is COCCCN1C(=O)C(=O)/C(=C(/O)c2c(C)nc3ccccn23)C1c1cccnc1. The quantitative estimate of drug-likeness (QED) is 0.292. The highest BCUT2D eigenvalue weighted by Crippen LogP contribution is 2.39. The molecule has 3 aromatic heterocycles. The van der Waals surface area contributed by atoms with E-state index in [0.29, 0.717) is 42.2 Å². The molecule has 1 amide bonds. The van der Waals surface area contributed by atoms with Crippen LogP contribution in [0.1, 0.15) is 29.4 Å². The number of Topliss-reactive ketones (excluding diaryl/α,β-unsaturated/α-hetero) is 1. The van der Waals surface area contributed by atoms with Gasteiger partial charge < -0.3 is 14.7 Å². The van der Waals surface area contributed by atoms with E-state index < -0.39 is 17.7 Å². The van der Waals surface area contributed by atoms with Crippen molar-refractivity contribution in [2.45, 2.75) is 19.4 Å². The van der Waals surface area contributed by atoms with E-state index in [1.54, 1.807) is 49.2 Å². The Bertz CT molecular complexity index is 1140. The smallest absolute Gasteiger partial charge is 0.295 e. The molecule has 1 N–H and O–H groups in total. The lowest BCUT2D eigenvalue weighted by atomic mass is 9.97. The third kappa shape index (κ3) is 3.25. The minimum absolute atomic E-state index is 0.0409. The highest BCUT2D eigenvalue weighted by atomic mass is 16.5. The van der Waals surface area contributed by atoms with Crippen molar-refractivity contribution in [1.82, 2.24) is 19.3 Å². The first-order valence-corrected chi connectivity index (χ1v) is 9.66. The number of carbonyl (C=O) groups excluding carboxylic acids is 2. The molecule has 1 unspecified atom stereocenters. The number of nitrogens with zero attached hydrogens (tertiary/aromatic N) is 4. The number of fused-ring (bicyclic) bond motifs is 1. The molecule has 8 nitrogen and oxygen atoms in total. The first-order valence-electron chi connectivity index (χ1n) is 9.66. The van der Waals surface area contributed by atoms with Crippen molar-refractivity contribution in [2.24, 2.45) is 0 Å². The van der Waals surface area contributed by atoms with Gasteiger partial charge in [0.25, 0.3) is 11.7 Å². The third-order valence-electron chi connectivity index (χ3n) is 5.22. The minimum atomic E-state index is -0.732. The van der Waals surface area contributed by atoms with Gasteiger partial charge in [0.2, 0.25) is 0 Å². The number of pyridine rings is 2. The number of aliphatic hydroxyl groups is 1. The Morgan fingerprint density at radius 3 is 2.80 bits per heavy atom. The number of aryl methyl sites for hydroxylation is 1. The second kappa shape index (κ2) is 8.08. The zero-order valence-electron chi connectivity index (χ0n) is 16.8. The van der Waals surface area contributed by atoms with Crippen molar-refractivity contribution < 1.29 is 19.4 Å². The van der Waals surface area contributed by atoms with Gasteiger partial charge in [0.15, 0.2) is 5.76 Å². The van der Waals surface area contributed by atoms with Crippen LogP contribution in [0.25, 0.3) is 11.4 Å². The average Bonchev–Trinajstić information content (AvgIpc) is 3.22. The Morgan fingerprint density at radius 2 is 2.07 bits per heavy atom. The molecule has 0 radical (unpaired) electrons. The van der Waals surface area contributed by atoms with Crippen LogP contribution in [-0.2, 0) is 14.3 Å². The molecule has 1 aliphatic rings. The van der Waals surface area contributed by atoms with E-state index in [0.717, 1.165) is 0 Å². The Morgan fingerprint density at radius 1 is 1.23 bits per heavy atom. The van der Waals surface area contributed by atoms with Crippen LogP contribution in [0, 0.1) is 6.92 Å². The van der Waals surface area contributed by atoms with Crippen molar-refractivity contribution in [1.29, 1.82) is 0 Å². The molecule has 3 aromatic rings. The molecule has 0 saturated carbocycles. The normalized spacial score (nSPS) is 18.5. The van der Waals surface area contributed by atoms with Crippen LogP contribution in [0.15, 0.2) is 54.5 Å². The van der Waals surface area contributed by atoms with Crippen molar-refractivity contribution in [3.05, 3.63) is 71.4 Å². The fraction of sp³-hybridized carbons (Fsp3) is 0.273. The molecule has 154 valence electrons. The summed E-state index contributed by atoms with van der Waals surface area (Å²) in [6, 6.07) is 8.27. The second-order valence-electron chi connectivity index (χ2n) is 7.10. The Hall–Kier alpha value is -3.52. The zero-order valence-corrected chi connectivity index (χ0v) is 16.8. The van der Waals surface area contributed by atoms with Crippen LogP contribution in [0.5, 0.6) is 0 Å². The van der Waals surface area contributed by atoms with Gasteiger partial charge in [0, 0.05) is 38.9 Å². The second-order valence-corrected chi connectivity index (χ2v) is 7.10. The summed E-state index contributed by atoms with van der Waals surface area (Å²) in [4.78, 5) is 36.0.